The highest BCUT2D eigenvalue weighted by Gasteiger charge is 2.35. The van der Waals surface area contributed by atoms with Crippen molar-refractivity contribution in [2.24, 2.45) is 0 Å². The maximum Gasteiger partial charge on any atom is 0.248 e. The first kappa shape index (κ1) is 31.6. The van der Waals surface area contributed by atoms with E-state index in [0.29, 0.717) is 26.1 Å². The molecule has 234 valence electrons. The van der Waals surface area contributed by atoms with Crippen LogP contribution in [0.3, 0.4) is 0 Å². The Kier molecular flexibility index (Phi) is 9.62. The van der Waals surface area contributed by atoms with E-state index < -0.39 is 10.0 Å². The Morgan fingerprint density at radius 1 is 1.18 bits per heavy atom. The van der Waals surface area contributed by atoms with E-state index in [-0.39, 0.29) is 48.2 Å². The van der Waals surface area contributed by atoms with E-state index in [1.165, 1.54) is 16.6 Å². The van der Waals surface area contributed by atoms with E-state index in [9.17, 15) is 13.2 Å². The van der Waals surface area contributed by atoms with Crippen molar-refractivity contribution >= 4 is 27.0 Å². The number of methoxy groups -OCH3 is 1. The highest BCUT2D eigenvalue weighted by atomic mass is 32.2. The maximum atomic E-state index is 13.8. The second-order valence-electron chi connectivity index (χ2n) is 11.1. The quantitative estimate of drug-likeness (QED) is 0.248. The average molecular weight is 621 g/mol. The molecule has 2 atom stereocenters. The third-order valence-electron chi connectivity index (χ3n) is 8.29. The summed E-state index contributed by atoms with van der Waals surface area (Å²) in [5, 5.41) is 11.7. The molecule has 0 aliphatic carbocycles. The molecule has 0 fully saturated rings. The molecule has 0 radical (unpaired) electrons. The predicted octanol–water partition coefficient (Wildman–Crippen LogP) is 4.11. The summed E-state index contributed by atoms with van der Waals surface area (Å²) >= 11 is 0. The molecule has 5 rings (SSSR count). The van der Waals surface area contributed by atoms with Gasteiger partial charge in [0.25, 0.3) is 0 Å². The van der Waals surface area contributed by atoms with Crippen molar-refractivity contribution in [3.05, 3.63) is 76.5 Å². The Morgan fingerprint density at radius 2 is 2.00 bits per heavy atom. The lowest BCUT2D eigenvalue weighted by atomic mass is 9.84. The first-order chi connectivity index (χ1) is 21.2. The molecule has 12 heteroatoms. The van der Waals surface area contributed by atoms with Gasteiger partial charge >= 0.3 is 0 Å². The van der Waals surface area contributed by atoms with Crippen LogP contribution in [0.1, 0.15) is 60.4 Å². The minimum Gasteiger partial charge on any atom is -0.472 e. The van der Waals surface area contributed by atoms with Gasteiger partial charge in [-0.2, -0.15) is 4.31 Å². The van der Waals surface area contributed by atoms with Crippen LogP contribution in [-0.2, 0) is 32.6 Å². The molecule has 2 aromatic heterocycles. The molecule has 0 spiro atoms. The van der Waals surface area contributed by atoms with Gasteiger partial charge in [-0.1, -0.05) is 36.4 Å². The van der Waals surface area contributed by atoms with Crippen LogP contribution >= 0.6 is 0 Å². The Morgan fingerprint density at radius 3 is 2.75 bits per heavy atom. The standard InChI is InChI=1S/C32H40N6O5S/c1-6-25-20-37(44(40,41)29-9-8-14-34-32(29)43-25)19-24-17-23(11-10-21(24)3)27(18-30(39)33-15-16-42-5)26-12-13-28-31(22(26)4)35-36-38(28)7-2/h8-14,17,25,27H,6-7,15-16,18-20H2,1-5H3,(H,33,39)/t25-,27+/m1/s1. The number of hydrogen-bond acceptors (Lipinski definition) is 8. The Balaban J connectivity index is 1.54. The number of nitrogens with one attached hydrogen (secondary N) is 1. The van der Waals surface area contributed by atoms with Crippen LogP contribution < -0.4 is 10.1 Å². The number of rotatable bonds is 11. The number of aryl methyl sites for hydroxylation is 3. The molecular weight excluding hydrogens is 580 g/mol. The van der Waals surface area contributed by atoms with Crippen molar-refractivity contribution in [3.63, 3.8) is 0 Å². The van der Waals surface area contributed by atoms with Crippen LogP contribution in [0.2, 0.25) is 0 Å². The molecule has 3 heterocycles. The Hall–Kier alpha value is -3.87. The lowest BCUT2D eigenvalue weighted by Crippen LogP contribution is -2.36. The largest absolute Gasteiger partial charge is 0.472 e. The van der Waals surface area contributed by atoms with Crippen LogP contribution in [0.25, 0.3) is 11.0 Å². The lowest BCUT2D eigenvalue weighted by Gasteiger charge is -2.25. The Labute approximate surface area is 258 Å². The minimum atomic E-state index is -3.87. The minimum absolute atomic E-state index is 0.0689. The number of carbonyl (C=O) groups is 1. The van der Waals surface area contributed by atoms with E-state index in [1.54, 1.807) is 13.2 Å². The molecule has 0 bridgehead atoms. The van der Waals surface area contributed by atoms with E-state index in [0.717, 1.165) is 38.9 Å². The molecule has 1 aliphatic heterocycles. The summed E-state index contributed by atoms with van der Waals surface area (Å²) in [6, 6.07) is 13.2. The van der Waals surface area contributed by atoms with Gasteiger partial charge in [0, 0.05) is 45.3 Å². The Bertz CT molecular complexity index is 1760. The first-order valence-electron chi connectivity index (χ1n) is 15.0. The van der Waals surface area contributed by atoms with Gasteiger partial charge in [0.05, 0.1) is 18.7 Å². The van der Waals surface area contributed by atoms with E-state index >= 15 is 0 Å². The molecular formula is C32H40N6O5S. The number of hydrogen-bond donors (Lipinski definition) is 1. The van der Waals surface area contributed by atoms with Gasteiger partial charge in [0.15, 0.2) is 0 Å². The zero-order chi connectivity index (χ0) is 31.4. The fraction of sp³-hybridized carbons (Fsp3) is 0.438. The number of fused-ring (bicyclic) bond motifs is 2. The molecule has 44 heavy (non-hydrogen) atoms. The fourth-order valence-corrected chi connectivity index (χ4v) is 7.22. The van der Waals surface area contributed by atoms with Gasteiger partial charge < -0.3 is 14.8 Å². The number of benzene rings is 2. The van der Waals surface area contributed by atoms with Crippen molar-refractivity contribution in [3.8, 4) is 5.88 Å². The van der Waals surface area contributed by atoms with E-state index in [4.69, 9.17) is 9.47 Å². The molecule has 4 aromatic rings. The molecule has 0 unspecified atom stereocenters. The van der Waals surface area contributed by atoms with Crippen LogP contribution in [0.15, 0.2) is 53.6 Å². The number of carbonyl (C=O) groups excluding carboxylic acids is 1. The van der Waals surface area contributed by atoms with Gasteiger partial charge in [-0.3, -0.25) is 4.79 Å². The zero-order valence-electron chi connectivity index (χ0n) is 25.9. The van der Waals surface area contributed by atoms with Crippen LogP contribution in [0, 0.1) is 13.8 Å². The summed E-state index contributed by atoms with van der Waals surface area (Å²) in [5.41, 5.74) is 6.39. The predicted molar refractivity (Wildman–Crippen MR) is 167 cm³/mol. The van der Waals surface area contributed by atoms with Gasteiger partial charge in [-0.05, 0) is 73.2 Å². The third kappa shape index (κ3) is 6.33. The molecule has 1 N–H and O–H groups in total. The van der Waals surface area contributed by atoms with Crippen LogP contribution in [0.5, 0.6) is 5.88 Å². The van der Waals surface area contributed by atoms with Gasteiger partial charge in [0.2, 0.25) is 21.8 Å². The number of nitrogens with zero attached hydrogens (tertiary/aromatic N) is 5. The summed E-state index contributed by atoms with van der Waals surface area (Å²) in [7, 11) is -2.28. The maximum absolute atomic E-state index is 13.8. The summed E-state index contributed by atoms with van der Waals surface area (Å²) in [6.45, 7) is 9.86. The van der Waals surface area contributed by atoms with Crippen molar-refractivity contribution in [2.75, 3.05) is 26.8 Å². The molecule has 1 amide bonds. The van der Waals surface area contributed by atoms with Gasteiger partial charge in [0.1, 0.15) is 16.5 Å². The van der Waals surface area contributed by atoms with Crippen molar-refractivity contribution in [1.29, 1.82) is 0 Å². The van der Waals surface area contributed by atoms with Crippen LogP contribution in [-0.4, -0.2) is 71.5 Å². The number of ether oxygens (including phenoxy) is 2. The summed E-state index contributed by atoms with van der Waals surface area (Å²) < 4.78 is 42.1. The summed E-state index contributed by atoms with van der Waals surface area (Å²) in [5.74, 6) is -0.267. The van der Waals surface area contributed by atoms with Crippen molar-refractivity contribution in [1.82, 2.24) is 29.6 Å². The molecule has 1 aliphatic rings. The van der Waals surface area contributed by atoms with E-state index in [1.807, 2.05) is 62.7 Å². The molecule has 0 saturated carbocycles. The van der Waals surface area contributed by atoms with Gasteiger partial charge in [-0.25, -0.2) is 18.1 Å². The third-order valence-corrected chi connectivity index (χ3v) is 10.1. The molecule has 11 nitrogen and oxygen atoms in total. The SMILES string of the molecule is CC[C@@H]1CN(Cc2cc([C@H](CC(=O)NCCOC)c3ccc4c(nnn4CC)c3C)ccc2C)S(=O)(=O)c2cccnc2O1. The highest BCUT2D eigenvalue weighted by Crippen LogP contribution is 2.36. The monoisotopic (exact) mass is 620 g/mol. The summed E-state index contributed by atoms with van der Waals surface area (Å²) in [6.07, 6.45) is 2.04. The number of pyridine rings is 1. The van der Waals surface area contributed by atoms with Crippen LogP contribution in [0.4, 0.5) is 0 Å². The fourth-order valence-electron chi connectivity index (χ4n) is 5.70. The summed E-state index contributed by atoms with van der Waals surface area (Å²) in [4.78, 5) is 17.5. The first-order valence-corrected chi connectivity index (χ1v) is 16.4. The zero-order valence-corrected chi connectivity index (χ0v) is 26.7. The number of sulfonamides is 1. The van der Waals surface area contributed by atoms with Gasteiger partial charge in [-0.15, -0.1) is 5.10 Å². The highest BCUT2D eigenvalue weighted by molar-refractivity contribution is 7.89. The second kappa shape index (κ2) is 13.4. The van der Waals surface area contributed by atoms with Crippen molar-refractivity contribution in [2.45, 2.75) is 70.5 Å². The average Bonchev–Trinajstić information content (AvgIpc) is 3.40. The smallest absolute Gasteiger partial charge is 0.248 e. The van der Waals surface area contributed by atoms with Crippen molar-refractivity contribution < 1.29 is 22.7 Å². The molecule has 0 saturated heterocycles. The topological polar surface area (TPSA) is 129 Å². The lowest BCUT2D eigenvalue weighted by molar-refractivity contribution is -0.121. The van der Waals surface area contributed by atoms with E-state index in [2.05, 4.69) is 20.6 Å². The number of aromatic nitrogens is 4. The normalized spacial score (nSPS) is 17.1. The number of amides is 1. The molecule has 2 aromatic carbocycles. The second-order valence-corrected chi connectivity index (χ2v) is 13.0.